The van der Waals surface area contributed by atoms with E-state index in [4.69, 9.17) is 34.8 Å². The van der Waals surface area contributed by atoms with Gasteiger partial charge in [0.25, 0.3) is 0 Å². The zero-order chi connectivity index (χ0) is 10.9. The van der Waals surface area contributed by atoms with Gasteiger partial charge in [0.1, 0.15) is 0 Å². The van der Waals surface area contributed by atoms with Crippen molar-refractivity contribution in [1.29, 1.82) is 0 Å². The summed E-state index contributed by atoms with van der Waals surface area (Å²) in [5.41, 5.74) is 4.41. The van der Waals surface area contributed by atoms with Crippen LogP contribution in [0.25, 0.3) is 11.3 Å². The first kappa shape index (κ1) is 11.2. The Morgan fingerprint density at radius 3 is 2.20 bits per heavy atom. The molecule has 1 heterocycles. The Kier molecular flexibility index (Phi) is 3.21. The number of hydrogen-bond acceptors (Lipinski definition) is 2. The third-order valence-corrected chi connectivity index (χ3v) is 3.18. The Bertz CT molecular complexity index is 431. The van der Waals surface area contributed by atoms with Crippen molar-refractivity contribution in [2.75, 3.05) is 0 Å². The highest BCUT2D eigenvalue weighted by Crippen LogP contribution is 2.38. The molecule has 0 aliphatic rings. The fourth-order valence-electron chi connectivity index (χ4n) is 1.19. The lowest BCUT2D eigenvalue weighted by molar-refractivity contribution is 1.24. The molecule has 78 valence electrons. The number of alkyl halides is 3. The van der Waals surface area contributed by atoms with Crippen LogP contribution in [0.1, 0.15) is 5.56 Å². The fourth-order valence-corrected chi connectivity index (χ4v) is 2.12. The van der Waals surface area contributed by atoms with Crippen molar-refractivity contribution < 1.29 is 0 Å². The Morgan fingerprint density at radius 1 is 1.07 bits per heavy atom. The largest absolute Gasteiger partial charge is 0.245 e. The van der Waals surface area contributed by atoms with E-state index < -0.39 is 3.79 Å². The lowest BCUT2D eigenvalue weighted by Crippen LogP contribution is -1.98. The van der Waals surface area contributed by atoms with Gasteiger partial charge in [0.2, 0.25) is 3.79 Å². The number of halogens is 3. The van der Waals surface area contributed by atoms with Gasteiger partial charge in [0.05, 0.1) is 11.2 Å². The maximum Gasteiger partial charge on any atom is 0.216 e. The van der Waals surface area contributed by atoms with Gasteiger partial charge in [-0.25, -0.2) is 4.98 Å². The van der Waals surface area contributed by atoms with Crippen molar-refractivity contribution in [3.63, 3.8) is 0 Å². The van der Waals surface area contributed by atoms with E-state index in [0.717, 1.165) is 11.3 Å². The highest BCUT2D eigenvalue weighted by molar-refractivity contribution is 7.07. The Labute approximate surface area is 107 Å². The average Bonchev–Trinajstić information content (AvgIpc) is 2.69. The predicted octanol–water partition coefficient (Wildman–Crippen LogP) is 4.64. The van der Waals surface area contributed by atoms with Gasteiger partial charge < -0.3 is 0 Å². The summed E-state index contributed by atoms with van der Waals surface area (Å²) in [5.74, 6) is 0. The molecule has 0 aliphatic carbocycles. The second-order valence-electron chi connectivity index (χ2n) is 2.95. The molecule has 2 rings (SSSR count). The molecule has 1 nitrogen and oxygen atoms in total. The van der Waals surface area contributed by atoms with E-state index in [9.17, 15) is 0 Å². The first-order valence-corrected chi connectivity index (χ1v) is 6.21. The summed E-state index contributed by atoms with van der Waals surface area (Å²) in [6.07, 6.45) is 0. The second kappa shape index (κ2) is 4.30. The second-order valence-corrected chi connectivity index (χ2v) is 5.95. The molecule has 0 aliphatic heterocycles. The number of benzene rings is 1. The monoisotopic (exact) mass is 277 g/mol. The third-order valence-electron chi connectivity index (χ3n) is 1.94. The summed E-state index contributed by atoms with van der Waals surface area (Å²) in [6, 6.07) is 7.38. The molecule has 0 atom stereocenters. The minimum absolute atomic E-state index is 0.659. The first-order chi connectivity index (χ1) is 7.07. The van der Waals surface area contributed by atoms with Crippen molar-refractivity contribution in [1.82, 2.24) is 4.98 Å². The summed E-state index contributed by atoms with van der Waals surface area (Å²) in [4.78, 5) is 4.20. The quantitative estimate of drug-likeness (QED) is 0.693. The third kappa shape index (κ3) is 2.64. The van der Waals surface area contributed by atoms with Crippen LogP contribution in [0.4, 0.5) is 0 Å². The smallest absolute Gasteiger partial charge is 0.216 e. The summed E-state index contributed by atoms with van der Waals surface area (Å²) >= 11 is 18.8. The van der Waals surface area contributed by atoms with Gasteiger partial charge in [-0.1, -0.05) is 59.1 Å². The molecule has 0 amide bonds. The van der Waals surface area contributed by atoms with Crippen LogP contribution < -0.4 is 0 Å². The van der Waals surface area contributed by atoms with Crippen LogP contribution in [0.5, 0.6) is 0 Å². The molecule has 1 aromatic heterocycles. The molecule has 0 N–H and O–H groups in total. The van der Waals surface area contributed by atoms with Gasteiger partial charge in [-0.05, 0) is 0 Å². The fraction of sp³-hybridized carbons (Fsp3) is 0.100. The molecular weight excluding hydrogens is 273 g/mol. The van der Waals surface area contributed by atoms with Crippen LogP contribution in [0.2, 0.25) is 0 Å². The molecule has 0 bridgehead atoms. The van der Waals surface area contributed by atoms with Crippen molar-refractivity contribution in [2.24, 2.45) is 0 Å². The number of rotatable bonds is 1. The summed E-state index contributed by atoms with van der Waals surface area (Å²) in [6.45, 7) is 0. The van der Waals surface area contributed by atoms with Crippen molar-refractivity contribution >= 4 is 46.1 Å². The average molecular weight is 279 g/mol. The van der Waals surface area contributed by atoms with Crippen LogP contribution in [0, 0.1) is 0 Å². The Balaban J connectivity index is 2.33. The molecule has 0 radical (unpaired) electrons. The number of nitrogens with zero attached hydrogens (tertiary/aromatic N) is 1. The Hall–Kier alpha value is -0.280. The Morgan fingerprint density at radius 2 is 1.73 bits per heavy atom. The predicted molar refractivity (Wildman–Crippen MR) is 66.8 cm³/mol. The number of aromatic nitrogens is 1. The van der Waals surface area contributed by atoms with Gasteiger partial charge >= 0.3 is 0 Å². The van der Waals surface area contributed by atoms with Gasteiger partial charge in [-0.15, -0.1) is 11.3 Å². The number of thiazole rings is 1. The van der Waals surface area contributed by atoms with Crippen molar-refractivity contribution in [3.8, 4) is 11.3 Å². The van der Waals surface area contributed by atoms with Crippen LogP contribution >= 0.6 is 46.1 Å². The summed E-state index contributed by atoms with van der Waals surface area (Å²) in [7, 11) is 0. The van der Waals surface area contributed by atoms with Crippen molar-refractivity contribution in [3.05, 3.63) is 40.7 Å². The van der Waals surface area contributed by atoms with Gasteiger partial charge in [0.15, 0.2) is 0 Å². The molecule has 0 spiro atoms. The minimum atomic E-state index is -1.36. The highest BCUT2D eigenvalue weighted by atomic mass is 35.6. The molecule has 0 saturated heterocycles. The standard InChI is InChI=1S/C10H6Cl3NS/c11-10(12,13)8-3-1-7(2-4-8)9-5-15-6-14-9/h1-6H. The maximum absolute atomic E-state index is 5.75. The van der Waals surface area contributed by atoms with E-state index >= 15 is 0 Å². The molecular formula is C10H6Cl3NS. The molecule has 15 heavy (non-hydrogen) atoms. The molecule has 0 unspecified atom stereocenters. The maximum atomic E-state index is 5.75. The van der Waals surface area contributed by atoms with E-state index in [1.165, 1.54) is 0 Å². The van der Waals surface area contributed by atoms with E-state index in [0.29, 0.717) is 5.56 Å². The topological polar surface area (TPSA) is 12.9 Å². The normalized spacial score (nSPS) is 11.7. The van der Waals surface area contributed by atoms with E-state index in [-0.39, 0.29) is 0 Å². The van der Waals surface area contributed by atoms with E-state index in [1.54, 1.807) is 29.0 Å². The zero-order valence-electron chi connectivity index (χ0n) is 7.45. The van der Waals surface area contributed by atoms with Gasteiger partial charge in [0, 0.05) is 16.5 Å². The van der Waals surface area contributed by atoms with Crippen LogP contribution in [0.15, 0.2) is 35.2 Å². The van der Waals surface area contributed by atoms with Crippen molar-refractivity contribution in [2.45, 2.75) is 3.79 Å². The number of hydrogen-bond donors (Lipinski definition) is 0. The summed E-state index contributed by atoms with van der Waals surface area (Å²) in [5, 5.41) is 1.98. The van der Waals surface area contributed by atoms with Crippen LogP contribution in [0.3, 0.4) is 0 Å². The lowest BCUT2D eigenvalue weighted by atomic mass is 10.1. The minimum Gasteiger partial charge on any atom is -0.245 e. The van der Waals surface area contributed by atoms with E-state index in [1.807, 2.05) is 17.5 Å². The highest BCUT2D eigenvalue weighted by Gasteiger charge is 2.22. The van der Waals surface area contributed by atoms with Gasteiger partial charge in [-0.3, -0.25) is 0 Å². The first-order valence-electron chi connectivity index (χ1n) is 4.13. The molecule has 1 aromatic carbocycles. The summed E-state index contributed by atoms with van der Waals surface area (Å²) < 4.78 is -1.36. The molecule has 2 aromatic rings. The lowest BCUT2D eigenvalue weighted by Gasteiger charge is -2.10. The molecule has 0 saturated carbocycles. The van der Waals surface area contributed by atoms with E-state index in [2.05, 4.69) is 4.98 Å². The molecule has 5 heteroatoms. The SMILES string of the molecule is ClC(Cl)(Cl)c1ccc(-c2cscn2)cc1. The zero-order valence-corrected chi connectivity index (χ0v) is 10.5. The molecule has 0 fully saturated rings. The van der Waals surface area contributed by atoms with Crippen LogP contribution in [-0.2, 0) is 3.79 Å². The van der Waals surface area contributed by atoms with Gasteiger partial charge in [-0.2, -0.15) is 0 Å². The van der Waals surface area contributed by atoms with Crippen LogP contribution in [-0.4, -0.2) is 4.98 Å².